The summed E-state index contributed by atoms with van der Waals surface area (Å²) in [5.41, 5.74) is 3.74. The molecule has 1 saturated carbocycles. The molecule has 1 aliphatic carbocycles. The van der Waals surface area contributed by atoms with Gasteiger partial charge < -0.3 is 5.11 Å². The lowest BCUT2D eigenvalue weighted by atomic mass is 10.2. The fourth-order valence-corrected chi connectivity index (χ4v) is 2.45. The lowest BCUT2D eigenvalue weighted by molar-refractivity contribution is 0.0697. The summed E-state index contributed by atoms with van der Waals surface area (Å²) in [7, 11) is 0. The van der Waals surface area contributed by atoms with Gasteiger partial charge in [-0.1, -0.05) is 0 Å². The zero-order valence-electron chi connectivity index (χ0n) is 10.1. The molecular formula is C14H11N3O2. The number of nitrogens with zero attached hydrogens (tertiary/aromatic N) is 3. The van der Waals surface area contributed by atoms with Crippen LogP contribution in [0.5, 0.6) is 0 Å². The lowest BCUT2D eigenvalue weighted by Crippen LogP contribution is -2.01. The molecule has 0 unspecified atom stereocenters. The van der Waals surface area contributed by atoms with Gasteiger partial charge in [-0.25, -0.2) is 14.8 Å². The van der Waals surface area contributed by atoms with Gasteiger partial charge >= 0.3 is 5.97 Å². The van der Waals surface area contributed by atoms with Crippen molar-refractivity contribution in [3.63, 3.8) is 0 Å². The molecule has 0 atom stereocenters. The minimum absolute atomic E-state index is 0.265. The molecule has 0 aliphatic heterocycles. The average molecular weight is 253 g/mol. The molecule has 3 aromatic rings. The van der Waals surface area contributed by atoms with E-state index in [0.717, 1.165) is 29.7 Å². The van der Waals surface area contributed by atoms with Gasteiger partial charge in [-0.3, -0.25) is 4.40 Å². The van der Waals surface area contributed by atoms with E-state index in [-0.39, 0.29) is 5.56 Å². The Morgan fingerprint density at radius 3 is 2.95 bits per heavy atom. The maximum Gasteiger partial charge on any atom is 0.335 e. The largest absolute Gasteiger partial charge is 0.478 e. The molecule has 19 heavy (non-hydrogen) atoms. The third-order valence-corrected chi connectivity index (χ3v) is 3.56. The van der Waals surface area contributed by atoms with Gasteiger partial charge in [-0.2, -0.15) is 0 Å². The van der Waals surface area contributed by atoms with Crippen LogP contribution in [-0.4, -0.2) is 25.4 Å². The Labute approximate surface area is 108 Å². The number of hydrogen-bond donors (Lipinski definition) is 1. The van der Waals surface area contributed by atoms with E-state index in [1.807, 2.05) is 10.6 Å². The second-order valence-electron chi connectivity index (χ2n) is 4.90. The first-order chi connectivity index (χ1) is 9.24. The maximum absolute atomic E-state index is 11.0. The molecule has 1 fully saturated rings. The van der Waals surface area contributed by atoms with Gasteiger partial charge in [-0.05, 0) is 31.0 Å². The van der Waals surface area contributed by atoms with Gasteiger partial charge in [0.15, 0.2) is 5.65 Å². The molecular weight excluding hydrogens is 242 g/mol. The van der Waals surface area contributed by atoms with Gasteiger partial charge in [0.2, 0.25) is 0 Å². The molecule has 0 radical (unpaired) electrons. The molecule has 2 heterocycles. The first-order valence-corrected chi connectivity index (χ1v) is 6.24. The van der Waals surface area contributed by atoms with Gasteiger partial charge in [0.1, 0.15) is 0 Å². The molecule has 94 valence electrons. The number of carbonyl (C=O) groups is 1. The van der Waals surface area contributed by atoms with Crippen LogP contribution >= 0.6 is 0 Å². The summed E-state index contributed by atoms with van der Waals surface area (Å²) in [6, 6.07) is 5.02. The number of imidazole rings is 1. The minimum Gasteiger partial charge on any atom is -0.478 e. The highest BCUT2D eigenvalue weighted by atomic mass is 16.4. The number of benzene rings is 1. The Kier molecular flexibility index (Phi) is 1.95. The van der Waals surface area contributed by atoms with Crippen LogP contribution in [0.2, 0.25) is 0 Å². The zero-order chi connectivity index (χ0) is 13.0. The smallest absolute Gasteiger partial charge is 0.335 e. The summed E-state index contributed by atoms with van der Waals surface area (Å²) in [4.78, 5) is 20.0. The molecule has 0 amide bonds. The molecule has 1 aromatic carbocycles. The number of carboxylic acid groups (broad SMARTS) is 1. The zero-order valence-corrected chi connectivity index (χ0v) is 10.1. The van der Waals surface area contributed by atoms with Crippen molar-refractivity contribution >= 4 is 22.6 Å². The Morgan fingerprint density at radius 1 is 1.37 bits per heavy atom. The van der Waals surface area contributed by atoms with Crippen molar-refractivity contribution in [3.05, 3.63) is 41.9 Å². The molecule has 1 N–H and O–H groups in total. The van der Waals surface area contributed by atoms with E-state index < -0.39 is 5.97 Å². The predicted octanol–water partition coefficient (Wildman–Crippen LogP) is 2.46. The lowest BCUT2D eigenvalue weighted by Gasteiger charge is -2.07. The van der Waals surface area contributed by atoms with Crippen LogP contribution in [0, 0.1) is 0 Å². The van der Waals surface area contributed by atoms with Crippen molar-refractivity contribution in [3.8, 4) is 0 Å². The van der Waals surface area contributed by atoms with E-state index in [4.69, 9.17) is 5.11 Å². The van der Waals surface area contributed by atoms with Crippen molar-refractivity contribution in [2.45, 2.75) is 18.8 Å². The third-order valence-electron chi connectivity index (χ3n) is 3.56. The standard InChI is InChI=1S/C14H11N3O2/c18-14(19)9-3-4-11-10(7-9)16-12(8-1-2-8)13-15-5-6-17(11)13/h3-8H,1-2H2,(H,18,19). The van der Waals surface area contributed by atoms with Gasteiger partial charge in [0, 0.05) is 18.3 Å². The fourth-order valence-electron chi connectivity index (χ4n) is 2.45. The highest BCUT2D eigenvalue weighted by Crippen LogP contribution is 2.41. The SMILES string of the molecule is O=C(O)c1ccc2c(c1)nc(C1CC1)c1nccn12. The van der Waals surface area contributed by atoms with E-state index in [1.165, 1.54) is 0 Å². The first-order valence-electron chi connectivity index (χ1n) is 6.24. The summed E-state index contributed by atoms with van der Waals surface area (Å²) in [6.45, 7) is 0. The highest BCUT2D eigenvalue weighted by Gasteiger charge is 2.28. The van der Waals surface area contributed by atoms with Crippen LogP contribution in [-0.2, 0) is 0 Å². The normalized spacial score (nSPS) is 15.2. The highest BCUT2D eigenvalue weighted by molar-refractivity contribution is 5.92. The summed E-state index contributed by atoms with van der Waals surface area (Å²) in [6.07, 6.45) is 5.93. The minimum atomic E-state index is -0.928. The van der Waals surface area contributed by atoms with E-state index in [1.54, 1.807) is 24.4 Å². The number of aromatic carboxylic acids is 1. The van der Waals surface area contributed by atoms with Crippen LogP contribution in [0.15, 0.2) is 30.6 Å². The van der Waals surface area contributed by atoms with Crippen LogP contribution < -0.4 is 0 Å². The number of rotatable bonds is 2. The fraction of sp³-hybridized carbons (Fsp3) is 0.214. The van der Waals surface area contributed by atoms with Crippen LogP contribution in [0.1, 0.15) is 34.8 Å². The number of fused-ring (bicyclic) bond motifs is 3. The second kappa shape index (κ2) is 3.54. The third kappa shape index (κ3) is 1.51. The van der Waals surface area contributed by atoms with Gasteiger partial charge in [-0.15, -0.1) is 0 Å². The van der Waals surface area contributed by atoms with Crippen LogP contribution in [0.4, 0.5) is 0 Å². The molecule has 1 aliphatic rings. The Balaban J connectivity index is 2.10. The summed E-state index contributed by atoms with van der Waals surface area (Å²) < 4.78 is 1.99. The van der Waals surface area contributed by atoms with Crippen molar-refractivity contribution in [2.24, 2.45) is 0 Å². The molecule has 2 aromatic heterocycles. The second-order valence-corrected chi connectivity index (χ2v) is 4.90. The van der Waals surface area contributed by atoms with E-state index in [2.05, 4.69) is 9.97 Å². The van der Waals surface area contributed by atoms with Crippen molar-refractivity contribution in [2.75, 3.05) is 0 Å². The van der Waals surface area contributed by atoms with Crippen LogP contribution in [0.3, 0.4) is 0 Å². The van der Waals surface area contributed by atoms with Gasteiger partial charge in [0.05, 0.1) is 22.3 Å². The van der Waals surface area contributed by atoms with Crippen molar-refractivity contribution < 1.29 is 9.90 Å². The summed E-state index contributed by atoms with van der Waals surface area (Å²) in [5.74, 6) is -0.454. The summed E-state index contributed by atoms with van der Waals surface area (Å²) >= 11 is 0. The van der Waals surface area contributed by atoms with E-state index in [0.29, 0.717) is 11.4 Å². The van der Waals surface area contributed by atoms with Gasteiger partial charge in [0.25, 0.3) is 0 Å². The molecule has 0 spiro atoms. The molecule has 5 nitrogen and oxygen atoms in total. The monoisotopic (exact) mass is 253 g/mol. The van der Waals surface area contributed by atoms with Crippen LogP contribution in [0.25, 0.3) is 16.7 Å². The topological polar surface area (TPSA) is 67.5 Å². The Morgan fingerprint density at radius 2 is 2.21 bits per heavy atom. The van der Waals surface area contributed by atoms with Crippen molar-refractivity contribution in [1.29, 1.82) is 0 Å². The maximum atomic E-state index is 11.0. The quantitative estimate of drug-likeness (QED) is 0.761. The number of aromatic nitrogens is 3. The molecule has 5 heteroatoms. The van der Waals surface area contributed by atoms with E-state index in [9.17, 15) is 4.79 Å². The summed E-state index contributed by atoms with van der Waals surface area (Å²) in [5, 5.41) is 9.06. The molecule has 0 bridgehead atoms. The van der Waals surface area contributed by atoms with E-state index >= 15 is 0 Å². The number of hydrogen-bond acceptors (Lipinski definition) is 3. The predicted molar refractivity (Wildman–Crippen MR) is 69.4 cm³/mol. The number of carboxylic acids is 1. The molecule has 4 rings (SSSR count). The average Bonchev–Trinajstić information content (AvgIpc) is 3.13. The Hall–Kier alpha value is -2.43. The van der Waals surface area contributed by atoms with Crippen molar-refractivity contribution in [1.82, 2.24) is 14.4 Å². The Bertz CT molecular complexity index is 818. The molecule has 0 saturated heterocycles. The first kappa shape index (κ1) is 10.5.